The minimum Gasteiger partial charge on any atom is -0.356 e. The van der Waals surface area contributed by atoms with E-state index in [1.54, 1.807) is 0 Å². The van der Waals surface area contributed by atoms with E-state index in [2.05, 4.69) is 20.9 Å². The molecule has 0 fully saturated rings. The normalized spacial score (nSPS) is 10.9. The molecule has 12 heavy (non-hydrogen) atoms. The van der Waals surface area contributed by atoms with Gasteiger partial charge in [-0.3, -0.25) is 0 Å². The lowest BCUT2D eigenvalue weighted by atomic mass is 10.2. The fraction of sp³-hybridized carbons (Fsp3) is 0.111. The quantitative estimate of drug-likeness (QED) is 0.724. The van der Waals surface area contributed by atoms with E-state index in [9.17, 15) is 0 Å². The number of aromatic nitrogens is 1. The third-order valence-electron chi connectivity index (χ3n) is 1.89. The van der Waals surface area contributed by atoms with Gasteiger partial charge in [-0.25, -0.2) is 0 Å². The molecule has 1 aromatic carbocycles. The van der Waals surface area contributed by atoms with Gasteiger partial charge in [0.25, 0.3) is 0 Å². The summed E-state index contributed by atoms with van der Waals surface area (Å²) in [5.41, 5.74) is 2.08. The predicted octanol–water partition coefficient (Wildman–Crippen LogP) is 3.89. The second kappa shape index (κ2) is 2.79. The van der Waals surface area contributed by atoms with Gasteiger partial charge < -0.3 is 4.98 Å². The largest absolute Gasteiger partial charge is 0.356 e. The highest BCUT2D eigenvalue weighted by Gasteiger charge is 2.06. The number of fused-ring (bicyclic) bond motifs is 1. The number of hydrogen-bond acceptors (Lipinski definition) is 0. The maximum Gasteiger partial charge on any atom is 0.0689 e. The Labute approximate surface area is 83.9 Å². The first-order chi connectivity index (χ1) is 5.70. The summed E-state index contributed by atoms with van der Waals surface area (Å²) in [6.45, 7) is 1.97. The van der Waals surface area contributed by atoms with Crippen LogP contribution in [0.2, 0.25) is 5.02 Å². The van der Waals surface area contributed by atoms with Crippen LogP contribution in [-0.4, -0.2) is 4.98 Å². The summed E-state index contributed by atoms with van der Waals surface area (Å²) in [6.07, 6.45) is 0. The smallest absolute Gasteiger partial charge is 0.0689 e. The minimum atomic E-state index is 0.811. The van der Waals surface area contributed by atoms with E-state index in [1.165, 1.54) is 0 Å². The molecule has 2 rings (SSSR count). The molecule has 0 aliphatic heterocycles. The van der Waals surface area contributed by atoms with Crippen molar-refractivity contribution in [1.29, 1.82) is 0 Å². The molecule has 0 unspecified atom stereocenters. The molecule has 0 amide bonds. The van der Waals surface area contributed by atoms with E-state index in [0.717, 1.165) is 26.1 Å². The van der Waals surface area contributed by atoms with E-state index in [4.69, 9.17) is 11.6 Å². The predicted molar refractivity (Wildman–Crippen MR) is 55.7 cm³/mol. The molecule has 3 heteroatoms. The number of rotatable bonds is 0. The maximum atomic E-state index is 6.06. The van der Waals surface area contributed by atoms with Crippen molar-refractivity contribution in [2.75, 3.05) is 0 Å². The Bertz CT molecular complexity index is 433. The fourth-order valence-electron chi connectivity index (χ4n) is 1.28. The molecule has 0 atom stereocenters. The molecule has 1 nitrogen and oxygen atoms in total. The minimum absolute atomic E-state index is 0.811. The van der Waals surface area contributed by atoms with Crippen LogP contribution in [0.1, 0.15) is 5.69 Å². The number of para-hydroxylation sites is 1. The number of benzene rings is 1. The number of halogens is 2. The van der Waals surface area contributed by atoms with Gasteiger partial charge in [0.1, 0.15) is 0 Å². The SMILES string of the molecule is Cc1[nH]c2c(Br)cccc2c1Cl. The molecule has 0 bridgehead atoms. The monoisotopic (exact) mass is 243 g/mol. The van der Waals surface area contributed by atoms with Crippen LogP contribution in [0.4, 0.5) is 0 Å². The molecule has 0 spiro atoms. The third kappa shape index (κ3) is 1.06. The van der Waals surface area contributed by atoms with Gasteiger partial charge in [-0.15, -0.1) is 0 Å². The number of hydrogen-bond donors (Lipinski definition) is 1. The van der Waals surface area contributed by atoms with Crippen molar-refractivity contribution in [2.45, 2.75) is 6.92 Å². The summed E-state index contributed by atoms with van der Waals surface area (Å²) in [4.78, 5) is 3.22. The third-order valence-corrected chi connectivity index (χ3v) is 3.04. The van der Waals surface area contributed by atoms with E-state index in [1.807, 2.05) is 25.1 Å². The highest BCUT2D eigenvalue weighted by atomic mass is 79.9. The zero-order valence-corrected chi connectivity index (χ0v) is 8.83. The Hall–Kier alpha value is -0.470. The summed E-state index contributed by atoms with van der Waals surface area (Å²) < 4.78 is 1.05. The second-order valence-corrected chi connectivity index (χ2v) is 3.96. The summed E-state index contributed by atoms with van der Waals surface area (Å²) in [5.74, 6) is 0. The van der Waals surface area contributed by atoms with Crippen LogP contribution in [0.25, 0.3) is 10.9 Å². The van der Waals surface area contributed by atoms with Gasteiger partial charge in [-0.05, 0) is 28.9 Å². The molecule has 0 saturated carbocycles. The lowest BCUT2D eigenvalue weighted by molar-refractivity contribution is 1.30. The van der Waals surface area contributed by atoms with Crippen molar-refractivity contribution >= 4 is 38.4 Å². The molecule has 0 radical (unpaired) electrons. The van der Waals surface area contributed by atoms with Gasteiger partial charge >= 0.3 is 0 Å². The van der Waals surface area contributed by atoms with Crippen molar-refractivity contribution in [3.05, 3.63) is 33.4 Å². The van der Waals surface area contributed by atoms with Crippen LogP contribution < -0.4 is 0 Å². The van der Waals surface area contributed by atoms with Gasteiger partial charge in [0.05, 0.1) is 10.5 Å². The average molecular weight is 245 g/mol. The molecular weight excluding hydrogens is 237 g/mol. The summed E-state index contributed by atoms with van der Waals surface area (Å²) in [7, 11) is 0. The fourth-order valence-corrected chi connectivity index (χ4v) is 1.95. The lowest BCUT2D eigenvalue weighted by Gasteiger charge is -1.91. The zero-order valence-electron chi connectivity index (χ0n) is 6.49. The van der Waals surface area contributed by atoms with Crippen LogP contribution in [-0.2, 0) is 0 Å². The highest BCUT2D eigenvalue weighted by Crippen LogP contribution is 2.31. The standard InChI is InChI=1S/C9H7BrClN/c1-5-8(11)6-3-2-4-7(10)9(6)12-5/h2-4,12H,1H3. The molecule has 0 aliphatic carbocycles. The number of H-pyrrole nitrogens is 1. The van der Waals surface area contributed by atoms with Crippen molar-refractivity contribution in [3.63, 3.8) is 0 Å². The molecule has 0 saturated heterocycles. The van der Waals surface area contributed by atoms with Gasteiger partial charge in [-0.1, -0.05) is 23.7 Å². The molecule has 62 valence electrons. The molecule has 0 aliphatic rings. The number of aryl methyl sites for hydroxylation is 1. The Morgan fingerprint density at radius 2 is 2.17 bits per heavy atom. The van der Waals surface area contributed by atoms with Gasteiger partial charge in [-0.2, -0.15) is 0 Å². The van der Waals surface area contributed by atoms with Crippen LogP contribution >= 0.6 is 27.5 Å². The topological polar surface area (TPSA) is 15.8 Å². The Balaban J connectivity index is 2.95. The first-order valence-corrected chi connectivity index (χ1v) is 4.79. The van der Waals surface area contributed by atoms with Gasteiger partial charge in [0.2, 0.25) is 0 Å². The van der Waals surface area contributed by atoms with Crippen LogP contribution in [0, 0.1) is 6.92 Å². The van der Waals surface area contributed by atoms with Gasteiger partial charge in [0, 0.05) is 15.6 Å². The summed E-state index contributed by atoms with van der Waals surface area (Å²) in [6, 6.07) is 5.98. The molecular formula is C9H7BrClN. The van der Waals surface area contributed by atoms with Crippen molar-refractivity contribution in [1.82, 2.24) is 4.98 Å². The van der Waals surface area contributed by atoms with Crippen LogP contribution in [0.5, 0.6) is 0 Å². The molecule has 1 aromatic heterocycles. The molecule has 2 aromatic rings. The maximum absolute atomic E-state index is 6.06. The molecule has 1 N–H and O–H groups in total. The second-order valence-electron chi connectivity index (χ2n) is 2.73. The van der Waals surface area contributed by atoms with E-state index < -0.39 is 0 Å². The number of aromatic amines is 1. The van der Waals surface area contributed by atoms with Gasteiger partial charge in [0.15, 0.2) is 0 Å². The molecule has 1 heterocycles. The number of nitrogens with one attached hydrogen (secondary N) is 1. The Morgan fingerprint density at radius 3 is 2.83 bits per heavy atom. The Kier molecular flexibility index (Phi) is 1.89. The summed E-state index contributed by atoms with van der Waals surface area (Å²) in [5, 5.41) is 1.88. The first kappa shape index (κ1) is 8.14. The van der Waals surface area contributed by atoms with E-state index in [-0.39, 0.29) is 0 Å². The summed E-state index contributed by atoms with van der Waals surface area (Å²) >= 11 is 9.52. The zero-order chi connectivity index (χ0) is 8.72. The van der Waals surface area contributed by atoms with Crippen LogP contribution in [0.15, 0.2) is 22.7 Å². The lowest BCUT2D eigenvalue weighted by Crippen LogP contribution is -1.69. The Morgan fingerprint density at radius 1 is 1.42 bits per heavy atom. The first-order valence-electron chi connectivity index (χ1n) is 3.62. The highest BCUT2D eigenvalue weighted by molar-refractivity contribution is 9.10. The van der Waals surface area contributed by atoms with Crippen molar-refractivity contribution in [3.8, 4) is 0 Å². The average Bonchev–Trinajstić information content (AvgIpc) is 2.32. The van der Waals surface area contributed by atoms with Crippen molar-refractivity contribution < 1.29 is 0 Å². The van der Waals surface area contributed by atoms with E-state index >= 15 is 0 Å². The van der Waals surface area contributed by atoms with E-state index in [0.29, 0.717) is 0 Å². The van der Waals surface area contributed by atoms with Crippen LogP contribution in [0.3, 0.4) is 0 Å². The van der Waals surface area contributed by atoms with Crippen molar-refractivity contribution in [2.24, 2.45) is 0 Å².